The molecule has 4 amide bonds. The fraction of sp³-hybridized carbons (Fsp3) is 0.649. The number of amides is 4. The number of rotatable bonds is 56. The number of carbonyl (C=O) groups is 4. The summed E-state index contributed by atoms with van der Waals surface area (Å²) < 4.78 is 50.8. The first kappa shape index (κ1) is 117. The van der Waals surface area contributed by atoms with Crippen molar-refractivity contribution >= 4 is 134 Å². The fourth-order valence-corrected chi connectivity index (χ4v) is 21.7. The van der Waals surface area contributed by atoms with Crippen LogP contribution in [0.4, 0.5) is 35.3 Å². The monoisotopic (exact) mass is 2180 g/mol. The molecule has 6 fully saturated rings. The van der Waals surface area contributed by atoms with Gasteiger partial charge in [-0.05, 0) is 223 Å². The second-order valence-electron chi connectivity index (χ2n) is 39.9. The minimum atomic E-state index is -4.48. The number of hydrogen-bond donors (Lipinski definition) is 21. The van der Waals surface area contributed by atoms with Crippen LogP contribution < -0.4 is 69.5 Å². The molecule has 22 N–H and O–H groups in total. The second-order valence-corrected chi connectivity index (χ2v) is 47.2. The summed E-state index contributed by atoms with van der Waals surface area (Å²) in [6.07, 6.45) is 33.2. The van der Waals surface area contributed by atoms with Crippen molar-refractivity contribution in [2.24, 2.45) is 5.73 Å². The quantitative estimate of drug-likeness (QED) is 0.0127. The molecular formula is C97H155ClN32O16P4. The Kier molecular flexibility index (Phi) is 47.2. The summed E-state index contributed by atoms with van der Waals surface area (Å²) in [6.45, 7) is 14.4. The zero-order valence-electron chi connectivity index (χ0n) is 85.8. The van der Waals surface area contributed by atoms with Crippen LogP contribution in [0.15, 0.2) is 85.3 Å². The van der Waals surface area contributed by atoms with E-state index in [0.717, 1.165) is 178 Å². The predicted octanol–water partition coefficient (Wildman–Crippen LogP) is 7.89. The van der Waals surface area contributed by atoms with Crippen molar-refractivity contribution in [1.29, 1.82) is 0 Å². The van der Waals surface area contributed by atoms with Gasteiger partial charge in [0.2, 0.25) is 41.5 Å². The minimum absolute atomic E-state index is 0.0216. The largest absolute Gasteiger partial charge is 0.367 e. The van der Waals surface area contributed by atoms with E-state index in [4.69, 9.17) is 56.8 Å². The van der Waals surface area contributed by atoms with E-state index < -0.39 is 91.9 Å². The summed E-state index contributed by atoms with van der Waals surface area (Å²) in [6, 6.07) is 22.0. The minimum Gasteiger partial charge on any atom is -0.367 e. The van der Waals surface area contributed by atoms with Gasteiger partial charge < -0.3 is 128 Å². The van der Waals surface area contributed by atoms with Gasteiger partial charge >= 0.3 is 30.4 Å². The zero-order chi connectivity index (χ0) is 106. The molecule has 9 aromatic rings. The number of aryl methyl sites for hydroxylation is 3. The molecule has 48 nitrogen and oxygen atoms in total. The molecule has 0 unspecified atom stereocenters. The van der Waals surface area contributed by atoms with Crippen LogP contribution in [0.5, 0.6) is 0 Å². The van der Waals surface area contributed by atoms with Gasteiger partial charge in [-0.3, -0.25) is 51.5 Å². The van der Waals surface area contributed by atoms with E-state index in [-0.39, 0.29) is 36.9 Å². The Morgan fingerprint density at radius 2 is 0.713 bits per heavy atom. The predicted molar refractivity (Wildman–Crippen MR) is 578 cm³/mol. The number of benzene rings is 3. The number of hydrogen-bond acceptors (Lipinski definition) is 33. The maximum atomic E-state index is 13.1. The lowest BCUT2D eigenvalue weighted by Crippen LogP contribution is -2.47. The molecule has 6 aliphatic rings. The average molecular weight is 2180 g/mol. The Hall–Kier alpha value is -9.61. The van der Waals surface area contributed by atoms with Gasteiger partial charge in [0, 0.05) is 136 Å². The topological polar surface area (TPSA) is 651 Å². The van der Waals surface area contributed by atoms with Gasteiger partial charge in [0.25, 0.3) is 0 Å². The average Bonchev–Trinajstić information content (AvgIpc) is 0.803. The molecule has 3 aliphatic heterocycles. The number of piperidine rings is 3. The Balaban J connectivity index is 0.000000190. The zero-order valence-corrected chi connectivity index (χ0v) is 90.1. The van der Waals surface area contributed by atoms with Crippen molar-refractivity contribution in [3.05, 3.63) is 107 Å². The molecule has 1 atom stereocenters. The molecule has 150 heavy (non-hydrogen) atoms. The molecule has 9 heterocycles. The molecule has 3 saturated heterocycles. The van der Waals surface area contributed by atoms with Crippen molar-refractivity contribution in [2.45, 2.75) is 268 Å². The lowest BCUT2D eigenvalue weighted by molar-refractivity contribution is -0.134. The summed E-state index contributed by atoms with van der Waals surface area (Å²) in [5.74, 6) is 1.40. The summed E-state index contributed by atoms with van der Waals surface area (Å²) in [5, 5.41) is 70.9. The van der Waals surface area contributed by atoms with Crippen LogP contribution >= 0.6 is 42.0 Å². The molecule has 6 aromatic heterocycles. The van der Waals surface area contributed by atoms with Gasteiger partial charge in [-0.25, -0.2) is 15.0 Å². The number of anilines is 6. The molecule has 3 saturated carbocycles. The van der Waals surface area contributed by atoms with E-state index in [1.807, 2.05) is 87.2 Å². The summed E-state index contributed by atoms with van der Waals surface area (Å²) >= 11 is 6.27. The lowest BCUT2D eigenvalue weighted by Gasteiger charge is -2.33. The third kappa shape index (κ3) is 42.0. The highest BCUT2D eigenvalue weighted by atomic mass is 35.5. The van der Waals surface area contributed by atoms with Crippen LogP contribution in [0.2, 0.25) is 5.02 Å². The summed E-state index contributed by atoms with van der Waals surface area (Å²) in [5.41, 5.74) is 10.7. The van der Waals surface area contributed by atoms with Crippen molar-refractivity contribution in [1.82, 2.24) is 126 Å². The normalized spacial score (nSPS) is 16.5. The molecule has 826 valence electrons. The van der Waals surface area contributed by atoms with Crippen molar-refractivity contribution in [2.75, 3.05) is 168 Å². The smallest absolute Gasteiger partial charge is 0.334 e. The second kappa shape index (κ2) is 60.3. The number of fused-ring (bicyclic) bond motifs is 3. The van der Waals surface area contributed by atoms with Crippen LogP contribution in [0.25, 0.3) is 32.7 Å². The van der Waals surface area contributed by atoms with E-state index in [2.05, 4.69) is 105 Å². The first-order chi connectivity index (χ1) is 72.3. The number of nitrogens with one attached hydrogen (secondary N) is 12. The Morgan fingerprint density at radius 1 is 0.387 bits per heavy atom. The van der Waals surface area contributed by atoms with Crippen LogP contribution in [0, 0.1) is 0 Å². The highest BCUT2D eigenvalue weighted by Gasteiger charge is 2.34. The SMILES string of the molecule is N[C@@H](CCC(=O)N1CCC(Nc2nc(NCc3cn(CCCNCCCNC4CCCCC4)nn3)nc3ccccc23)CC1)C(=O)N(CCP(=O)(O)O)CCP(=O)(O)O.O=C(CP(=O)(O)O)N1CCC(Nc2nc(NCc3cn(CCCNCCCNC4CCCCC4)nn3)nc3cc(Cl)ccc23)CC1.O=C(CP(=O)(O)O)N1CCC(Nc2nc(NCc3cn(CCCNCCCNC4CCCCC4)nn3)nc3ccccc23)CC1. The maximum absolute atomic E-state index is 13.1. The standard InChI is InChI=1S/C37H62N12O8P2.C30H46ClN10O4P.C30H47N10O4P/c38-32(36(51)48(22-24-58(52,53)54)23-25-59(55,56)57)12-13-34(50)47-20-14-29(15-21-47)42-35-31-10-4-5-11-33(31)43-37(44-35)41-26-30-27-49(46-45-30)19-7-17-39-16-6-18-40-28-8-2-1-3-9-28;31-22-8-9-26-27(18-22)36-30(37-29(26)35-24-10-16-40(17-11-24)28(42)21-46(43,44)45)34-19-25-20-41(39-38-25)15-5-13-32-12-4-14-33-23-6-2-1-3-7-23;41-28(22-45(42,43)44)39-18-12-24(13-19-39)34-29-26-10-4-5-11-27(26)35-30(36-29)33-20-25-21-40(38-37-25)17-7-15-31-14-6-16-32-23-8-2-1-3-9-23/h4-5,10-11,27-29,32,39-40H,1-3,6-9,12-26,38H2,(H2,52,53,54)(H2,55,56,57)(H2,41,42,43,44);8-9,18,20,23-24,32-33H,1-7,10-17,19,21H2,(H2,43,44,45)(H2,34,35,36,37);4-5,10-11,21,23-24,31-32H,1-3,6-9,12-20,22H2,(H2,42,43,44)(H2,33,34,35,36)/t32-;;/m0../s1. The van der Waals surface area contributed by atoms with Crippen molar-refractivity contribution in [3.63, 3.8) is 0 Å². The highest BCUT2D eigenvalue weighted by Crippen LogP contribution is 2.39. The van der Waals surface area contributed by atoms with Crippen LogP contribution in [-0.4, -0.2) is 335 Å². The lowest BCUT2D eigenvalue weighted by atomic mass is 9.95. The molecule has 0 radical (unpaired) electrons. The van der Waals surface area contributed by atoms with E-state index in [0.29, 0.717) is 149 Å². The van der Waals surface area contributed by atoms with Crippen molar-refractivity contribution < 1.29 is 76.6 Å². The van der Waals surface area contributed by atoms with Gasteiger partial charge in [-0.2, -0.15) is 15.0 Å². The van der Waals surface area contributed by atoms with E-state index >= 15 is 0 Å². The number of nitrogens with zero attached hydrogens (tertiary/aromatic N) is 19. The van der Waals surface area contributed by atoms with Crippen LogP contribution in [0.1, 0.15) is 203 Å². The molecule has 3 aromatic carbocycles. The molecule has 15 rings (SSSR count). The van der Waals surface area contributed by atoms with E-state index in [9.17, 15) is 57.0 Å². The number of carbonyl (C=O) groups excluding carboxylic acids is 4. The molecule has 0 spiro atoms. The van der Waals surface area contributed by atoms with Gasteiger partial charge in [-0.15, -0.1) is 15.3 Å². The van der Waals surface area contributed by atoms with E-state index in [1.165, 1.54) is 106 Å². The first-order valence-corrected chi connectivity index (χ1v) is 60.9. The van der Waals surface area contributed by atoms with Gasteiger partial charge in [0.05, 0.1) is 73.1 Å². The number of likely N-dealkylation sites (tertiary alicyclic amines) is 3. The maximum Gasteiger partial charge on any atom is 0.334 e. The third-order valence-corrected chi connectivity index (χ3v) is 30.9. The van der Waals surface area contributed by atoms with Gasteiger partial charge in [-0.1, -0.05) is 109 Å². The molecular weight excluding hydrogens is 2030 g/mol. The van der Waals surface area contributed by atoms with Crippen LogP contribution in [-0.2, 0) is 76.7 Å². The Labute approximate surface area is 880 Å². The number of aromatic nitrogens is 15. The highest BCUT2D eigenvalue weighted by molar-refractivity contribution is 7.53. The Morgan fingerprint density at radius 3 is 1.06 bits per heavy atom. The number of para-hydroxylation sites is 2. The fourth-order valence-electron chi connectivity index (χ4n) is 19.5. The van der Waals surface area contributed by atoms with E-state index in [1.54, 1.807) is 17.0 Å². The molecule has 0 bridgehead atoms. The van der Waals surface area contributed by atoms with Gasteiger partial charge in [0.15, 0.2) is 0 Å². The Bertz CT molecular complexity index is 5850. The molecule has 53 heteroatoms. The third-order valence-electron chi connectivity index (χ3n) is 27.7. The summed E-state index contributed by atoms with van der Waals surface area (Å²) in [7, 11) is -17.7. The van der Waals surface area contributed by atoms with Crippen LogP contribution in [0.3, 0.4) is 0 Å². The van der Waals surface area contributed by atoms with Gasteiger partial charge in [0.1, 0.15) is 46.9 Å². The molecule has 3 aliphatic carbocycles. The first-order valence-electron chi connectivity index (χ1n) is 53.3. The number of nitrogens with two attached hydrogens (primary N) is 1. The van der Waals surface area contributed by atoms with Crippen molar-refractivity contribution in [3.8, 4) is 0 Å². The summed E-state index contributed by atoms with van der Waals surface area (Å²) in [4.78, 5) is 158. The number of halogens is 1.